The number of unbranched alkanes of at least 4 members (excludes halogenated alkanes) is 4. The van der Waals surface area contributed by atoms with E-state index in [0.717, 1.165) is 19.3 Å². The van der Waals surface area contributed by atoms with Crippen LogP contribution in [-0.2, 0) is 9.53 Å². The predicted molar refractivity (Wildman–Crippen MR) is 97.5 cm³/mol. The van der Waals surface area contributed by atoms with Gasteiger partial charge in [0.25, 0.3) is 0 Å². The molecule has 0 rings (SSSR count). The zero-order valence-electron chi connectivity index (χ0n) is 15.8. The highest BCUT2D eigenvalue weighted by atomic mass is 16.5. The zero-order valence-corrected chi connectivity index (χ0v) is 15.8. The van der Waals surface area contributed by atoms with Crippen molar-refractivity contribution in [3.8, 4) is 0 Å². The quantitative estimate of drug-likeness (QED) is 0.295. The zero-order chi connectivity index (χ0) is 17.3. The van der Waals surface area contributed by atoms with E-state index in [-0.39, 0.29) is 12.1 Å². The molecule has 0 radical (unpaired) electrons. The molecule has 3 nitrogen and oxygen atoms in total. The maximum absolute atomic E-state index is 11.8. The summed E-state index contributed by atoms with van der Waals surface area (Å²) in [6.45, 7) is 7.09. The number of hydrogen-bond acceptors (Lipinski definition) is 3. The lowest BCUT2D eigenvalue weighted by Crippen LogP contribution is -2.15. The summed E-state index contributed by atoms with van der Waals surface area (Å²) in [5.41, 5.74) is 0. The molecule has 23 heavy (non-hydrogen) atoms. The second-order valence-corrected chi connectivity index (χ2v) is 6.88. The summed E-state index contributed by atoms with van der Waals surface area (Å²) in [6, 6.07) is 0. The van der Waals surface area contributed by atoms with Crippen molar-refractivity contribution in [3.05, 3.63) is 0 Å². The van der Waals surface area contributed by atoms with Crippen LogP contribution < -0.4 is 0 Å². The van der Waals surface area contributed by atoms with E-state index >= 15 is 0 Å². The Labute approximate surface area is 144 Å². The smallest absolute Gasteiger partial charge is 0.305 e. The third-order valence-electron chi connectivity index (χ3n) is 4.45. The molecule has 0 bridgehead atoms. The van der Waals surface area contributed by atoms with Gasteiger partial charge >= 0.3 is 5.97 Å². The van der Waals surface area contributed by atoms with E-state index < -0.39 is 0 Å². The highest BCUT2D eigenvalue weighted by molar-refractivity contribution is 5.69. The van der Waals surface area contributed by atoms with E-state index in [0.29, 0.717) is 25.4 Å². The van der Waals surface area contributed by atoms with Gasteiger partial charge in [-0.2, -0.15) is 0 Å². The van der Waals surface area contributed by atoms with Gasteiger partial charge in [0.05, 0.1) is 12.7 Å². The van der Waals surface area contributed by atoms with Crippen molar-refractivity contribution in [2.75, 3.05) is 6.61 Å². The fraction of sp³-hybridized carbons (Fsp3) is 0.950. The van der Waals surface area contributed by atoms with Gasteiger partial charge in [0.2, 0.25) is 0 Å². The Morgan fingerprint density at radius 1 is 0.826 bits per heavy atom. The number of carbonyl (C=O) groups is 1. The minimum atomic E-state index is -0.261. The van der Waals surface area contributed by atoms with Crippen molar-refractivity contribution in [1.29, 1.82) is 0 Å². The Balaban J connectivity index is 3.89. The molecule has 0 amide bonds. The first-order valence-corrected chi connectivity index (χ1v) is 9.97. The molecule has 0 saturated heterocycles. The summed E-state index contributed by atoms with van der Waals surface area (Å²) in [7, 11) is 0. The molecule has 1 unspecified atom stereocenters. The van der Waals surface area contributed by atoms with Crippen molar-refractivity contribution in [1.82, 2.24) is 0 Å². The molecule has 0 aromatic carbocycles. The maximum atomic E-state index is 11.8. The molecule has 0 spiro atoms. The van der Waals surface area contributed by atoms with Crippen LogP contribution in [0, 0.1) is 5.92 Å². The third kappa shape index (κ3) is 14.7. The van der Waals surface area contributed by atoms with Crippen molar-refractivity contribution < 1.29 is 14.6 Å². The SMILES string of the molecule is CCCCCC(CCCCC)COC(=O)CCCC(O)CCC. The second kappa shape index (κ2) is 16.3. The van der Waals surface area contributed by atoms with Crippen molar-refractivity contribution in [3.63, 3.8) is 0 Å². The van der Waals surface area contributed by atoms with Gasteiger partial charge in [-0.1, -0.05) is 65.7 Å². The molecule has 0 aliphatic rings. The van der Waals surface area contributed by atoms with Crippen LogP contribution >= 0.6 is 0 Å². The average Bonchev–Trinajstić information content (AvgIpc) is 2.52. The van der Waals surface area contributed by atoms with Crippen LogP contribution in [0.3, 0.4) is 0 Å². The number of aliphatic hydroxyl groups is 1. The summed E-state index contributed by atoms with van der Waals surface area (Å²) >= 11 is 0. The van der Waals surface area contributed by atoms with Gasteiger partial charge in [-0.05, 0) is 38.0 Å². The number of carbonyl (C=O) groups excluding carboxylic acids is 1. The summed E-state index contributed by atoms with van der Waals surface area (Å²) in [4.78, 5) is 11.8. The first-order chi connectivity index (χ1) is 11.1. The number of aliphatic hydroxyl groups excluding tert-OH is 1. The van der Waals surface area contributed by atoms with E-state index in [1.165, 1.54) is 51.4 Å². The average molecular weight is 329 g/mol. The standard InChI is InChI=1S/C20H40O3/c1-4-7-9-13-18(14-10-8-5-2)17-23-20(22)16-11-15-19(21)12-6-3/h18-19,21H,4-17H2,1-3H3. The van der Waals surface area contributed by atoms with E-state index in [9.17, 15) is 9.90 Å². The molecule has 3 heteroatoms. The fourth-order valence-corrected chi connectivity index (χ4v) is 2.92. The van der Waals surface area contributed by atoms with Crippen molar-refractivity contribution in [2.45, 2.75) is 110 Å². The van der Waals surface area contributed by atoms with E-state index in [1.807, 2.05) is 0 Å². The normalized spacial score (nSPS) is 12.6. The highest BCUT2D eigenvalue weighted by Crippen LogP contribution is 2.18. The van der Waals surface area contributed by atoms with Gasteiger partial charge < -0.3 is 9.84 Å². The minimum Gasteiger partial charge on any atom is -0.465 e. The summed E-state index contributed by atoms with van der Waals surface area (Å²) in [5, 5.41) is 9.67. The molecule has 0 aliphatic carbocycles. The van der Waals surface area contributed by atoms with Crippen LogP contribution in [0.25, 0.3) is 0 Å². The molecule has 0 fully saturated rings. The van der Waals surface area contributed by atoms with Gasteiger partial charge in [-0.3, -0.25) is 4.79 Å². The van der Waals surface area contributed by atoms with Crippen molar-refractivity contribution >= 4 is 5.97 Å². The molecule has 0 aromatic heterocycles. The van der Waals surface area contributed by atoms with Crippen LogP contribution in [0.5, 0.6) is 0 Å². The van der Waals surface area contributed by atoms with Gasteiger partial charge in [-0.25, -0.2) is 0 Å². The first-order valence-electron chi connectivity index (χ1n) is 9.97. The molecule has 1 atom stereocenters. The largest absolute Gasteiger partial charge is 0.465 e. The number of esters is 1. The maximum Gasteiger partial charge on any atom is 0.305 e. The fourth-order valence-electron chi connectivity index (χ4n) is 2.92. The van der Waals surface area contributed by atoms with Crippen LogP contribution in [0.4, 0.5) is 0 Å². The lowest BCUT2D eigenvalue weighted by Gasteiger charge is -2.17. The Bertz CT molecular complexity index is 256. The first kappa shape index (κ1) is 22.4. The van der Waals surface area contributed by atoms with E-state index in [4.69, 9.17) is 4.74 Å². The topological polar surface area (TPSA) is 46.5 Å². The van der Waals surface area contributed by atoms with Crippen LogP contribution in [0.2, 0.25) is 0 Å². The summed E-state index contributed by atoms with van der Waals surface area (Å²) in [5.74, 6) is 0.437. The molecule has 138 valence electrons. The van der Waals surface area contributed by atoms with E-state index in [1.54, 1.807) is 0 Å². The molecule has 0 saturated carbocycles. The predicted octanol–water partition coefficient (Wildman–Crippen LogP) is 5.64. The van der Waals surface area contributed by atoms with Gasteiger partial charge in [0.1, 0.15) is 0 Å². The van der Waals surface area contributed by atoms with Gasteiger partial charge in [0.15, 0.2) is 0 Å². The molecular weight excluding hydrogens is 288 g/mol. The lowest BCUT2D eigenvalue weighted by molar-refractivity contribution is -0.145. The van der Waals surface area contributed by atoms with Gasteiger partial charge in [0, 0.05) is 6.42 Å². The molecule has 0 heterocycles. The van der Waals surface area contributed by atoms with Crippen molar-refractivity contribution in [2.24, 2.45) is 5.92 Å². The molecule has 0 aliphatic heterocycles. The van der Waals surface area contributed by atoms with Gasteiger partial charge in [-0.15, -0.1) is 0 Å². The monoisotopic (exact) mass is 328 g/mol. The Kier molecular flexibility index (Phi) is 15.9. The van der Waals surface area contributed by atoms with Crippen LogP contribution in [0.15, 0.2) is 0 Å². The number of rotatable bonds is 16. The van der Waals surface area contributed by atoms with Crippen LogP contribution in [-0.4, -0.2) is 23.8 Å². The molecular formula is C20H40O3. The second-order valence-electron chi connectivity index (χ2n) is 6.88. The Morgan fingerprint density at radius 3 is 1.96 bits per heavy atom. The highest BCUT2D eigenvalue weighted by Gasteiger charge is 2.12. The number of ether oxygens (including phenoxy) is 1. The summed E-state index contributed by atoms with van der Waals surface area (Å²) in [6.07, 6.45) is 13.3. The van der Waals surface area contributed by atoms with Crippen LogP contribution in [0.1, 0.15) is 104 Å². The third-order valence-corrected chi connectivity index (χ3v) is 4.45. The number of hydrogen-bond donors (Lipinski definition) is 1. The Hall–Kier alpha value is -0.570. The minimum absolute atomic E-state index is 0.0929. The Morgan fingerprint density at radius 2 is 1.43 bits per heavy atom. The summed E-state index contributed by atoms with van der Waals surface area (Å²) < 4.78 is 5.49. The molecule has 0 aromatic rings. The van der Waals surface area contributed by atoms with E-state index in [2.05, 4.69) is 20.8 Å². The lowest BCUT2D eigenvalue weighted by atomic mass is 9.96. The molecule has 1 N–H and O–H groups in total.